The largest absolute Gasteiger partial charge is 0.497 e. The van der Waals surface area contributed by atoms with Crippen molar-refractivity contribution in [2.45, 2.75) is 19.0 Å². The molecule has 6 heteroatoms. The van der Waals surface area contributed by atoms with Gasteiger partial charge in [-0.1, -0.05) is 36.4 Å². The predicted octanol–water partition coefficient (Wildman–Crippen LogP) is 3.69. The highest BCUT2D eigenvalue weighted by atomic mass is 16.5. The fraction of sp³-hybridized carbons (Fsp3) is 0.174. The molecule has 0 spiro atoms. The second-order valence-corrected chi connectivity index (χ2v) is 7.14. The number of benzene rings is 3. The maximum Gasteiger partial charge on any atom is 0.325 e. The van der Waals surface area contributed by atoms with Gasteiger partial charge < -0.3 is 10.1 Å². The first-order valence-electron chi connectivity index (χ1n) is 9.16. The van der Waals surface area contributed by atoms with E-state index in [0.29, 0.717) is 16.7 Å². The standard InChI is InChI=1S/C23H19N3O3/c1-23(19-9-7-16-12-20(29-2)10-8-15(16)11-19)21(27)26(22(28)25-23)14-18-6-4-3-5-17(18)13-24/h3-12H,14H2,1-2H3,(H,25,28)/t23-/m0/s1. The van der Waals surface area contributed by atoms with Gasteiger partial charge >= 0.3 is 6.03 Å². The topological polar surface area (TPSA) is 82.4 Å². The molecule has 1 atom stereocenters. The number of carbonyl (C=O) groups is 2. The molecule has 1 saturated heterocycles. The Balaban J connectivity index is 1.68. The zero-order valence-corrected chi connectivity index (χ0v) is 16.1. The number of urea groups is 1. The highest BCUT2D eigenvalue weighted by molar-refractivity contribution is 6.07. The van der Waals surface area contributed by atoms with Crippen LogP contribution >= 0.6 is 0 Å². The molecular formula is C23H19N3O3. The number of ether oxygens (including phenoxy) is 1. The average Bonchev–Trinajstić information content (AvgIpc) is 2.97. The molecule has 1 N–H and O–H groups in total. The van der Waals surface area contributed by atoms with E-state index in [0.717, 1.165) is 21.4 Å². The smallest absolute Gasteiger partial charge is 0.325 e. The van der Waals surface area contributed by atoms with Crippen LogP contribution < -0.4 is 10.1 Å². The first kappa shape index (κ1) is 18.5. The number of carbonyl (C=O) groups excluding carboxylic acids is 2. The van der Waals surface area contributed by atoms with Crippen molar-refractivity contribution in [3.8, 4) is 11.8 Å². The summed E-state index contributed by atoms with van der Waals surface area (Å²) in [5, 5.41) is 14.0. The summed E-state index contributed by atoms with van der Waals surface area (Å²) in [7, 11) is 1.61. The van der Waals surface area contributed by atoms with Crippen LogP contribution in [0.4, 0.5) is 4.79 Å². The van der Waals surface area contributed by atoms with Crippen molar-refractivity contribution >= 4 is 22.7 Å². The Morgan fingerprint density at radius 1 is 1.07 bits per heavy atom. The number of imide groups is 1. The molecule has 0 radical (unpaired) electrons. The van der Waals surface area contributed by atoms with Crippen molar-refractivity contribution in [2.75, 3.05) is 7.11 Å². The Morgan fingerprint density at radius 3 is 2.55 bits per heavy atom. The Bertz CT molecular complexity index is 1180. The highest BCUT2D eigenvalue weighted by Gasteiger charge is 2.49. The van der Waals surface area contributed by atoms with Gasteiger partial charge in [0.2, 0.25) is 0 Å². The second kappa shape index (κ2) is 6.95. The molecule has 0 aromatic heterocycles. The third-order valence-corrected chi connectivity index (χ3v) is 5.37. The lowest BCUT2D eigenvalue weighted by molar-refractivity contribution is -0.131. The Kier molecular flexibility index (Phi) is 4.44. The first-order chi connectivity index (χ1) is 14.0. The summed E-state index contributed by atoms with van der Waals surface area (Å²) in [5.41, 5.74) is 0.603. The van der Waals surface area contributed by atoms with Crippen LogP contribution in [0.15, 0.2) is 60.7 Å². The fourth-order valence-electron chi connectivity index (χ4n) is 3.64. The SMILES string of the molecule is COc1ccc2cc([C@]3(C)NC(=O)N(Cc4ccccc4C#N)C3=O)ccc2c1. The molecule has 0 unspecified atom stereocenters. The molecule has 0 saturated carbocycles. The van der Waals surface area contributed by atoms with E-state index in [2.05, 4.69) is 11.4 Å². The molecular weight excluding hydrogens is 366 g/mol. The molecule has 6 nitrogen and oxygen atoms in total. The molecule has 0 bridgehead atoms. The van der Waals surface area contributed by atoms with Gasteiger partial charge in [-0.2, -0.15) is 5.26 Å². The summed E-state index contributed by atoms with van der Waals surface area (Å²) in [6.45, 7) is 1.75. The van der Waals surface area contributed by atoms with E-state index < -0.39 is 11.6 Å². The number of methoxy groups -OCH3 is 1. The summed E-state index contributed by atoms with van der Waals surface area (Å²) in [5.74, 6) is 0.409. The van der Waals surface area contributed by atoms with Crippen LogP contribution in [-0.2, 0) is 16.9 Å². The van der Waals surface area contributed by atoms with Crippen LogP contribution in [0.3, 0.4) is 0 Å². The van der Waals surface area contributed by atoms with Gasteiger partial charge in [0.1, 0.15) is 11.3 Å². The first-order valence-corrected chi connectivity index (χ1v) is 9.16. The molecule has 1 fully saturated rings. The molecule has 29 heavy (non-hydrogen) atoms. The minimum Gasteiger partial charge on any atom is -0.497 e. The van der Waals surface area contributed by atoms with Gasteiger partial charge in [0.25, 0.3) is 5.91 Å². The van der Waals surface area contributed by atoms with Crippen LogP contribution in [-0.4, -0.2) is 23.9 Å². The monoisotopic (exact) mass is 385 g/mol. The van der Waals surface area contributed by atoms with Crippen molar-refractivity contribution < 1.29 is 14.3 Å². The summed E-state index contributed by atoms with van der Waals surface area (Å²) in [6, 6.07) is 19.9. The van der Waals surface area contributed by atoms with Crippen molar-refractivity contribution in [3.05, 3.63) is 77.4 Å². The maximum atomic E-state index is 13.2. The Hall–Kier alpha value is -3.85. The van der Waals surface area contributed by atoms with Gasteiger partial charge in [-0.25, -0.2) is 4.79 Å². The lowest BCUT2D eigenvalue weighted by Gasteiger charge is -2.23. The minimum atomic E-state index is -1.17. The predicted molar refractivity (Wildman–Crippen MR) is 108 cm³/mol. The van der Waals surface area contributed by atoms with Gasteiger partial charge in [0.15, 0.2) is 0 Å². The van der Waals surface area contributed by atoms with Crippen molar-refractivity contribution in [1.82, 2.24) is 10.2 Å². The summed E-state index contributed by atoms with van der Waals surface area (Å²) < 4.78 is 5.25. The number of hydrogen-bond acceptors (Lipinski definition) is 4. The molecule has 1 heterocycles. The van der Waals surface area contributed by atoms with Crippen LogP contribution in [0.2, 0.25) is 0 Å². The number of fused-ring (bicyclic) bond motifs is 1. The van der Waals surface area contributed by atoms with Crippen LogP contribution in [0.25, 0.3) is 10.8 Å². The Labute approximate surface area is 168 Å². The maximum absolute atomic E-state index is 13.2. The fourth-order valence-corrected chi connectivity index (χ4v) is 3.64. The normalized spacial score (nSPS) is 18.6. The van der Waals surface area contributed by atoms with Crippen LogP contribution in [0, 0.1) is 11.3 Å². The van der Waals surface area contributed by atoms with Gasteiger partial charge in [-0.15, -0.1) is 0 Å². The number of amides is 3. The van der Waals surface area contributed by atoms with E-state index in [9.17, 15) is 14.9 Å². The highest BCUT2D eigenvalue weighted by Crippen LogP contribution is 2.32. The molecule has 144 valence electrons. The number of nitriles is 1. The zero-order valence-electron chi connectivity index (χ0n) is 16.1. The van der Waals surface area contributed by atoms with Crippen molar-refractivity contribution in [2.24, 2.45) is 0 Å². The second-order valence-electron chi connectivity index (χ2n) is 7.14. The molecule has 3 aromatic carbocycles. The van der Waals surface area contributed by atoms with E-state index in [1.165, 1.54) is 0 Å². The summed E-state index contributed by atoms with van der Waals surface area (Å²) in [4.78, 5) is 27.0. The van der Waals surface area contributed by atoms with Crippen LogP contribution in [0.1, 0.15) is 23.6 Å². The van der Waals surface area contributed by atoms with E-state index in [1.54, 1.807) is 38.3 Å². The van der Waals surface area contributed by atoms with E-state index >= 15 is 0 Å². The molecule has 0 aliphatic carbocycles. The molecule has 4 rings (SSSR count). The lowest BCUT2D eigenvalue weighted by atomic mass is 9.90. The van der Waals surface area contributed by atoms with E-state index in [4.69, 9.17) is 4.74 Å². The van der Waals surface area contributed by atoms with Gasteiger partial charge in [-0.05, 0) is 53.1 Å². The lowest BCUT2D eigenvalue weighted by Crippen LogP contribution is -2.40. The molecule has 1 aliphatic rings. The number of hydrogen-bond donors (Lipinski definition) is 1. The van der Waals surface area contributed by atoms with E-state index in [-0.39, 0.29) is 12.5 Å². The number of nitrogens with one attached hydrogen (secondary N) is 1. The van der Waals surface area contributed by atoms with Gasteiger partial charge in [0.05, 0.1) is 25.3 Å². The average molecular weight is 385 g/mol. The van der Waals surface area contributed by atoms with Crippen LogP contribution in [0.5, 0.6) is 5.75 Å². The molecule has 3 aromatic rings. The third-order valence-electron chi connectivity index (χ3n) is 5.37. The molecule has 1 aliphatic heterocycles. The number of rotatable bonds is 4. The summed E-state index contributed by atoms with van der Waals surface area (Å²) in [6.07, 6.45) is 0. The van der Waals surface area contributed by atoms with Gasteiger partial charge in [-0.3, -0.25) is 9.69 Å². The van der Waals surface area contributed by atoms with Crippen molar-refractivity contribution in [3.63, 3.8) is 0 Å². The summed E-state index contributed by atoms with van der Waals surface area (Å²) >= 11 is 0. The van der Waals surface area contributed by atoms with Crippen molar-refractivity contribution in [1.29, 1.82) is 5.26 Å². The molecule has 3 amide bonds. The number of nitrogens with zero attached hydrogens (tertiary/aromatic N) is 2. The minimum absolute atomic E-state index is 0.0504. The third kappa shape index (κ3) is 3.07. The Morgan fingerprint density at radius 2 is 1.79 bits per heavy atom. The zero-order chi connectivity index (χ0) is 20.6. The van der Waals surface area contributed by atoms with E-state index in [1.807, 2.05) is 36.4 Å². The quantitative estimate of drug-likeness (QED) is 0.695. The van der Waals surface area contributed by atoms with Gasteiger partial charge in [0, 0.05) is 0 Å².